The van der Waals surface area contributed by atoms with Crippen LogP contribution in [0.2, 0.25) is 0 Å². The SMILES string of the molecule is CC(C)[C@H]1COC(=O)N1c1nc(N[C@@H](C)c2ccc(CN3CCNCC3)cc2)ncc1F. The van der Waals surface area contributed by atoms with Crippen molar-refractivity contribution in [3.63, 3.8) is 0 Å². The molecule has 2 atom stereocenters. The number of carbonyl (C=O) groups is 1. The second kappa shape index (κ2) is 9.79. The number of hydrogen-bond acceptors (Lipinski definition) is 7. The Labute approximate surface area is 188 Å². The van der Waals surface area contributed by atoms with Gasteiger partial charge in [-0.2, -0.15) is 4.98 Å². The van der Waals surface area contributed by atoms with E-state index in [0.29, 0.717) is 0 Å². The standard InChI is InChI=1S/C23H31FN6O2/c1-15(2)20-14-32-23(31)30(20)21-19(24)12-26-22(28-21)27-16(3)18-6-4-17(5-7-18)13-29-10-8-25-9-11-29/h4-7,12,15-16,20,25H,8-11,13-14H2,1-3H3,(H,26,27,28)/t16-,20+/m0/s1. The molecule has 0 saturated carbocycles. The lowest BCUT2D eigenvalue weighted by Crippen LogP contribution is -2.42. The minimum atomic E-state index is -0.648. The van der Waals surface area contributed by atoms with Gasteiger partial charge in [-0.1, -0.05) is 38.1 Å². The number of nitrogens with one attached hydrogen (secondary N) is 2. The number of anilines is 2. The van der Waals surface area contributed by atoms with Crippen LogP contribution in [0.15, 0.2) is 30.5 Å². The first-order valence-corrected chi connectivity index (χ1v) is 11.2. The molecular weight excluding hydrogens is 411 g/mol. The van der Waals surface area contributed by atoms with Gasteiger partial charge in [0.25, 0.3) is 0 Å². The molecule has 1 amide bonds. The summed E-state index contributed by atoms with van der Waals surface area (Å²) in [5, 5.41) is 6.59. The highest BCUT2D eigenvalue weighted by molar-refractivity contribution is 5.89. The summed E-state index contributed by atoms with van der Waals surface area (Å²) in [6.45, 7) is 11.3. The van der Waals surface area contributed by atoms with Crippen LogP contribution in [0.5, 0.6) is 0 Å². The molecule has 2 aliphatic heterocycles. The molecule has 0 unspecified atom stereocenters. The van der Waals surface area contributed by atoms with Crippen molar-refractivity contribution >= 4 is 17.9 Å². The van der Waals surface area contributed by atoms with Crippen LogP contribution >= 0.6 is 0 Å². The van der Waals surface area contributed by atoms with Crippen LogP contribution in [-0.2, 0) is 11.3 Å². The lowest BCUT2D eigenvalue weighted by Gasteiger charge is -2.27. The summed E-state index contributed by atoms with van der Waals surface area (Å²) >= 11 is 0. The molecule has 0 aliphatic carbocycles. The Balaban J connectivity index is 1.44. The molecule has 2 aliphatic rings. The zero-order valence-electron chi connectivity index (χ0n) is 18.8. The number of hydrogen-bond donors (Lipinski definition) is 2. The molecule has 0 bridgehead atoms. The van der Waals surface area contributed by atoms with Gasteiger partial charge >= 0.3 is 6.09 Å². The quantitative estimate of drug-likeness (QED) is 0.682. The van der Waals surface area contributed by atoms with Gasteiger partial charge in [-0.15, -0.1) is 0 Å². The maximum atomic E-state index is 14.5. The molecule has 0 radical (unpaired) electrons. The topological polar surface area (TPSA) is 82.6 Å². The van der Waals surface area contributed by atoms with Crippen LogP contribution in [0.3, 0.4) is 0 Å². The van der Waals surface area contributed by atoms with Gasteiger partial charge in [0.15, 0.2) is 11.6 Å². The van der Waals surface area contributed by atoms with Crippen LogP contribution in [0.4, 0.5) is 21.0 Å². The third kappa shape index (κ3) is 4.99. The first-order chi connectivity index (χ1) is 15.4. The van der Waals surface area contributed by atoms with Gasteiger partial charge in [0.2, 0.25) is 5.95 Å². The summed E-state index contributed by atoms with van der Waals surface area (Å²) in [5.74, 6) is -0.334. The minimum absolute atomic E-state index is 0.0535. The van der Waals surface area contributed by atoms with Crippen molar-refractivity contribution in [3.8, 4) is 0 Å². The van der Waals surface area contributed by atoms with Gasteiger partial charge in [0, 0.05) is 32.7 Å². The Morgan fingerprint density at radius 1 is 1.22 bits per heavy atom. The van der Waals surface area contributed by atoms with Gasteiger partial charge in [-0.25, -0.2) is 14.2 Å². The number of carbonyl (C=O) groups excluding carboxylic acids is 1. The number of amides is 1. The fourth-order valence-corrected chi connectivity index (χ4v) is 4.08. The molecule has 2 N–H and O–H groups in total. The van der Waals surface area contributed by atoms with E-state index in [2.05, 4.69) is 49.8 Å². The van der Waals surface area contributed by atoms with E-state index in [1.807, 2.05) is 20.8 Å². The summed E-state index contributed by atoms with van der Waals surface area (Å²) < 4.78 is 19.7. The van der Waals surface area contributed by atoms with Crippen molar-refractivity contribution in [1.82, 2.24) is 20.2 Å². The lowest BCUT2D eigenvalue weighted by atomic mass is 10.0. The highest BCUT2D eigenvalue weighted by atomic mass is 19.1. The number of piperazine rings is 1. The van der Waals surface area contributed by atoms with E-state index >= 15 is 0 Å². The van der Waals surface area contributed by atoms with Crippen molar-refractivity contribution in [2.24, 2.45) is 5.92 Å². The van der Waals surface area contributed by atoms with Crippen molar-refractivity contribution in [2.45, 2.75) is 39.4 Å². The normalized spacial score (nSPS) is 20.5. The van der Waals surface area contributed by atoms with Gasteiger partial charge < -0.3 is 15.4 Å². The summed E-state index contributed by atoms with van der Waals surface area (Å²) in [4.78, 5) is 24.3. The molecule has 2 aromatic rings. The van der Waals surface area contributed by atoms with Crippen LogP contribution in [-0.4, -0.2) is 59.8 Å². The first kappa shape index (κ1) is 22.4. The second-order valence-corrected chi connectivity index (χ2v) is 8.76. The number of rotatable bonds is 7. The number of aromatic nitrogens is 2. The monoisotopic (exact) mass is 442 g/mol. The Bertz CT molecular complexity index is 933. The maximum absolute atomic E-state index is 14.5. The van der Waals surface area contributed by atoms with E-state index in [0.717, 1.165) is 44.5 Å². The largest absolute Gasteiger partial charge is 0.447 e. The average Bonchev–Trinajstić information content (AvgIpc) is 3.18. The third-order valence-corrected chi connectivity index (χ3v) is 6.07. The molecule has 4 rings (SSSR count). The third-order valence-electron chi connectivity index (χ3n) is 6.07. The van der Waals surface area contributed by atoms with E-state index in [4.69, 9.17) is 4.74 Å². The smallest absolute Gasteiger partial charge is 0.416 e. The van der Waals surface area contributed by atoms with E-state index in [9.17, 15) is 9.18 Å². The average molecular weight is 443 g/mol. The first-order valence-electron chi connectivity index (χ1n) is 11.2. The molecule has 8 nitrogen and oxygen atoms in total. The fourth-order valence-electron chi connectivity index (χ4n) is 4.08. The summed E-state index contributed by atoms with van der Waals surface area (Å²) in [6, 6.07) is 8.10. The van der Waals surface area contributed by atoms with Crippen molar-refractivity contribution in [1.29, 1.82) is 0 Å². The van der Waals surface area contributed by atoms with E-state index in [1.165, 1.54) is 10.5 Å². The molecule has 172 valence electrons. The highest BCUT2D eigenvalue weighted by Crippen LogP contribution is 2.29. The predicted octanol–water partition coefficient (Wildman–Crippen LogP) is 3.18. The number of ether oxygens (including phenoxy) is 1. The number of halogens is 1. The predicted molar refractivity (Wildman–Crippen MR) is 121 cm³/mol. The Morgan fingerprint density at radius 3 is 2.62 bits per heavy atom. The molecule has 9 heteroatoms. The van der Waals surface area contributed by atoms with E-state index in [1.54, 1.807) is 0 Å². The molecule has 2 fully saturated rings. The van der Waals surface area contributed by atoms with Crippen molar-refractivity contribution in [3.05, 3.63) is 47.4 Å². The lowest BCUT2D eigenvalue weighted by molar-refractivity contribution is 0.177. The van der Waals surface area contributed by atoms with Crippen LogP contribution in [0, 0.1) is 11.7 Å². The highest BCUT2D eigenvalue weighted by Gasteiger charge is 2.38. The molecule has 3 heterocycles. The number of benzene rings is 1. The van der Waals surface area contributed by atoms with Crippen molar-refractivity contribution in [2.75, 3.05) is 43.0 Å². The van der Waals surface area contributed by atoms with Gasteiger partial charge in [-0.05, 0) is 24.0 Å². The number of nitrogens with zero attached hydrogens (tertiary/aromatic N) is 4. The van der Waals surface area contributed by atoms with Gasteiger partial charge in [0.1, 0.15) is 6.61 Å². The Kier molecular flexibility index (Phi) is 6.86. The molecule has 32 heavy (non-hydrogen) atoms. The van der Waals surface area contributed by atoms with Crippen LogP contribution in [0.1, 0.15) is 37.9 Å². The Morgan fingerprint density at radius 2 is 1.94 bits per heavy atom. The zero-order valence-corrected chi connectivity index (χ0v) is 18.8. The van der Waals surface area contributed by atoms with E-state index < -0.39 is 11.9 Å². The zero-order chi connectivity index (χ0) is 22.7. The Hall–Kier alpha value is -2.78. The molecule has 2 saturated heterocycles. The van der Waals surface area contributed by atoms with Crippen LogP contribution < -0.4 is 15.5 Å². The molecule has 0 spiro atoms. The van der Waals surface area contributed by atoms with Gasteiger partial charge in [-0.3, -0.25) is 9.80 Å². The maximum Gasteiger partial charge on any atom is 0.416 e. The fraction of sp³-hybridized carbons (Fsp3) is 0.522. The van der Waals surface area contributed by atoms with Crippen molar-refractivity contribution < 1.29 is 13.9 Å². The van der Waals surface area contributed by atoms with Crippen LogP contribution in [0.25, 0.3) is 0 Å². The van der Waals surface area contributed by atoms with E-state index in [-0.39, 0.29) is 36.4 Å². The summed E-state index contributed by atoms with van der Waals surface area (Å²) in [5.41, 5.74) is 2.35. The molecular formula is C23H31FN6O2. The minimum Gasteiger partial charge on any atom is -0.447 e. The second-order valence-electron chi connectivity index (χ2n) is 8.76. The van der Waals surface area contributed by atoms with Gasteiger partial charge in [0.05, 0.1) is 18.3 Å². The number of cyclic esters (lactones) is 1. The summed E-state index contributed by atoms with van der Waals surface area (Å²) in [7, 11) is 0. The molecule has 1 aromatic carbocycles. The summed E-state index contributed by atoms with van der Waals surface area (Å²) in [6.07, 6.45) is 0.511. The molecule has 1 aromatic heterocycles.